The molecule has 0 fully saturated rings. The minimum atomic E-state index is 0.589. The first-order valence-corrected chi connectivity index (χ1v) is 7.91. The first-order chi connectivity index (χ1) is 10.6. The van der Waals surface area contributed by atoms with Crippen molar-refractivity contribution in [3.8, 4) is 5.75 Å². The molecule has 5 heteroatoms. The van der Waals surface area contributed by atoms with E-state index >= 15 is 0 Å². The van der Waals surface area contributed by atoms with Crippen LogP contribution >= 0.6 is 28.1 Å². The molecule has 2 aromatic carbocycles. The highest BCUT2D eigenvalue weighted by Crippen LogP contribution is 2.20. The van der Waals surface area contributed by atoms with Gasteiger partial charge in [-0.05, 0) is 48.6 Å². The maximum absolute atomic E-state index is 5.54. The molecule has 2 rings (SSSR count). The summed E-state index contributed by atoms with van der Waals surface area (Å²) >= 11 is 8.95. The minimum Gasteiger partial charge on any atom is -0.497 e. The number of para-hydroxylation sites is 1. The van der Waals surface area contributed by atoms with E-state index in [1.807, 2.05) is 59.5 Å². The Bertz CT molecular complexity index is 643. The van der Waals surface area contributed by atoms with E-state index in [0.29, 0.717) is 11.7 Å². The number of nitrogens with one attached hydrogen (secondary N) is 1. The van der Waals surface area contributed by atoms with Gasteiger partial charge in [0.05, 0.1) is 13.7 Å². The fraction of sp³-hybridized carbons (Fsp3) is 0.118. The molecule has 22 heavy (non-hydrogen) atoms. The van der Waals surface area contributed by atoms with Gasteiger partial charge in [-0.15, -0.1) is 0 Å². The monoisotopic (exact) mass is 376 g/mol. The lowest BCUT2D eigenvalue weighted by Crippen LogP contribution is -2.35. The van der Waals surface area contributed by atoms with Crippen LogP contribution in [0, 0.1) is 0 Å². The van der Waals surface area contributed by atoms with Crippen LogP contribution < -0.4 is 15.0 Å². The summed E-state index contributed by atoms with van der Waals surface area (Å²) in [4.78, 5) is 1.98. The average molecular weight is 377 g/mol. The van der Waals surface area contributed by atoms with E-state index in [1.54, 1.807) is 7.11 Å². The van der Waals surface area contributed by atoms with Crippen molar-refractivity contribution in [2.45, 2.75) is 0 Å². The molecular weight excluding hydrogens is 360 g/mol. The molecule has 3 nitrogen and oxygen atoms in total. The standard InChI is InChI=1S/C17H17BrN2OS/c1-13(18)12-20(15-6-4-3-5-7-15)17(22)19-14-8-10-16(21-2)11-9-14/h3-11H,1,12H2,2H3,(H,19,22). The van der Waals surface area contributed by atoms with Crippen molar-refractivity contribution in [1.82, 2.24) is 0 Å². The number of benzene rings is 2. The molecule has 0 aliphatic rings. The molecule has 0 aliphatic heterocycles. The van der Waals surface area contributed by atoms with Gasteiger partial charge in [-0.25, -0.2) is 0 Å². The second kappa shape index (κ2) is 7.96. The quantitative estimate of drug-likeness (QED) is 0.756. The van der Waals surface area contributed by atoms with Gasteiger partial charge in [0.1, 0.15) is 5.75 Å². The summed E-state index contributed by atoms with van der Waals surface area (Å²) in [6, 6.07) is 17.6. The largest absolute Gasteiger partial charge is 0.497 e. The van der Waals surface area contributed by atoms with Crippen LogP contribution in [0.15, 0.2) is 65.7 Å². The van der Waals surface area contributed by atoms with Crippen molar-refractivity contribution in [2.75, 3.05) is 23.9 Å². The molecular formula is C17H17BrN2OS. The van der Waals surface area contributed by atoms with Crippen LogP contribution in [-0.4, -0.2) is 18.8 Å². The number of rotatable bonds is 5. The van der Waals surface area contributed by atoms with Gasteiger partial charge in [-0.1, -0.05) is 40.7 Å². The van der Waals surface area contributed by atoms with Crippen LogP contribution in [0.1, 0.15) is 0 Å². The lowest BCUT2D eigenvalue weighted by Gasteiger charge is -2.25. The van der Waals surface area contributed by atoms with Gasteiger partial charge in [-0.3, -0.25) is 0 Å². The Hall–Kier alpha value is -1.85. The Balaban J connectivity index is 2.16. The summed E-state index contributed by atoms with van der Waals surface area (Å²) in [5, 5.41) is 3.85. The number of hydrogen-bond donors (Lipinski definition) is 1. The highest BCUT2D eigenvalue weighted by Gasteiger charge is 2.12. The van der Waals surface area contributed by atoms with Gasteiger partial charge < -0.3 is 15.0 Å². The van der Waals surface area contributed by atoms with Gasteiger partial charge in [0.25, 0.3) is 0 Å². The number of halogens is 1. The van der Waals surface area contributed by atoms with Crippen molar-refractivity contribution < 1.29 is 4.74 Å². The third-order valence-electron chi connectivity index (χ3n) is 2.98. The molecule has 0 amide bonds. The molecule has 0 aliphatic carbocycles. The van der Waals surface area contributed by atoms with Crippen molar-refractivity contribution in [3.63, 3.8) is 0 Å². The number of anilines is 2. The molecule has 114 valence electrons. The van der Waals surface area contributed by atoms with Crippen LogP contribution in [0.25, 0.3) is 0 Å². The normalized spacial score (nSPS) is 9.91. The van der Waals surface area contributed by atoms with Gasteiger partial charge >= 0.3 is 0 Å². The number of hydrogen-bond acceptors (Lipinski definition) is 2. The predicted molar refractivity (Wildman–Crippen MR) is 101 cm³/mol. The second-order valence-corrected chi connectivity index (χ2v) is 6.11. The van der Waals surface area contributed by atoms with Crippen LogP contribution in [0.5, 0.6) is 5.75 Å². The van der Waals surface area contributed by atoms with Crippen LogP contribution in [0.2, 0.25) is 0 Å². The molecule has 0 unspecified atom stereocenters. The number of thiocarbonyl (C=S) groups is 1. The minimum absolute atomic E-state index is 0.589. The first-order valence-electron chi connectivity index (χ1n) is 6.71. The van der Waals surface area contributed by atoms with Crippen molar-refractivity contribution in [2.24, 2.45) is 0 Å². The maximum atomic E-state index is 5.54. The zero-order chi connectivity index (χ0) is 15.9. The van der Waals surface area contributed by atoms with E-state index in [2.05, 4.69) is 27.8 Å². The molecule has 2 aromatic rings. The Morgan fingerprint density at radius 1 is 1.18 bits per heavy atom. The van der Waals surface area contributed by atoms with Crippen molar-refractivity contribution in [3.05, 3.63) is 65.7 Å². The molecule has 0 radical (unpaired) electrons. The second-order valence-electron chi connectivity index (χ2n) is 4.60. The fourth-order valence-electron chi connectivity index (χ4n) is 1.93. The number of ether oxygens (including phenoxy) is 1. The Morgan fingerprint density at radius 3 is 2.36 bits per heavy atom. The number of methoxy groups -OCH3 is 1. The van der Waals surface area contributed by atoms with Crippen molar-refractivity contribution in [1.29, 1.82) is 0 Å². The Morgan fingerprint density at radius 2 is 1.82 bits per heavy atom. The summed E-state index contributed by atoms with van der Waals surface area (Å²) in [7, 11) is 1.64. The van der Waals surface area contributed by atoms with E-state index in [9.17, 15) is 0 Å². The molecule has 0 spiro atoms. The molecule has 0 aromatic heterocycles. The van der Waals surface area contributed by atoms with E-state index in [-0.39, 0.29) is 0 Å². The smallest absolute Gasteiger partial charge is 0.178 e. The zero-order valence-electron chi connectivity index (χ0n) is 12.3. The average Bonchev–Trinajstić information content (AvgIpc) is 2.54. The Kier molecular flexibility index (Phi) is 5.98. The fourth-order valence-corrected chi connectivity index (χ4v) is 2.46. The van der Waals surface area contributed by atoms with Crippen LogP contribution in [0.4, 0.5) is 11.4 Å². The van der Waals surface area contributed by atoms with Crippen LogP contribution in [0.3, 0.4) is 0 Å². The molecule has 0 saturated heterocycles. The SMILES string of the molecule is C=C(Br)CN(C(=S)Nc1ccc(OC)cc1)c1ccccc1. The molecule has 1 N–H and O–H groups in total. The van der Waals surface area contributed by atoms with E-state index in [1.165, 1.54) is 0 Å². The molecule has 0 atom stereocenters. The van der Waals surface area contributed by atoms with E-state index in [4.69, 9.17) is 17.0 Å². The lowest BCUT2D eigenvalue weighted by atomic mass is 10.3. The van der Waals surface area contributed by atoms with E-state index in [0.717, 1.165) is 21.6 Å². The maximum Gasteiger partial charge on any atom is 0.178 e. The summed E-state index contributed by atoms with van der Waals surface area (Å²) < 4.78 is 6.01. The van der Waals surface area contributed by atoms with Crippen LogP contribution in [-0.2, 0) is 0 Å². The summed E-state index contributed by atoms with van der Waals surface area (Å²) in [6.07, 6.45) is 0. The highest BCUT2D eigenvalue weighted by molar-refractivity contribution is 9.11. The molecule has 0 bridgehead atoms. The summed E-state index contributed by atoms with van der Waals surface area (Å²) in [5.74, 6) is 0.810. The third-order valence-corrected chi connectivity index (χ3v) is 3.56. The third kappa shape index (κ3) is 4.58. The van der Waals surface area contributed by atoms with E-state index < -0.39 is 0 Å². The van der Waals surface area contributed by atoms with Gasteiger partial charge in [0.15, 0.2) is 5.11 Å². The first kappa shape index (κ1) is 16.5. The lowest BCUT2D eigenvalue weighted by molar-refractivity contribution is 0.415. The summed E-state index contributed by atoms with van der Waals surface area (Å²) in [6.45, 7) is 4.49. The zero-order valence-corrected chi connectivity index (χ0v) is 14.7. The highest BCUT2D eigenvalue weighted by atomic mass is 79.9. The summed E-state index contributed by atoms with van der Waals surface area (Å²) in [5.41, 5.74) is 1.92. The Labute approximate surface area is 144 Å². The van der Waals surface area contributed by atoms with Crippen molar-refractivity contribution >= 4 is 44.6 Å². The van der Waals surface area contributed by atoms with Gasteiger partial charge in [-0.2, -0.15) is 0 Å². The number of nitrogens with zero attached hydrogens (tertiary/aromatic N) is 1. The van der Waals surface area contributed by atoms with Gasteiger partial charge in [0.2, 0.25) is 0 Å². The molecule has 0 heterocycles. The predicted octanol–water partition coefficient (Wildman–Crippen LogP) is 4.81. The molecule has 0 saturated carbocycles. The van der Waals surface area contributed by atoms with Gasteiger partial charge in [0, 0.05) is 15.9 Å². The topological polar surface area (TPSA) is 24.5 Å².